The number of aromatic nitrogens is 1. The Labute approximate surface area is 178 Å². The highest BCUT2D eigenvalue weighted by Crippen LogP contribution is 2.14. The van der Waals surface area contributed by atoms with E-state index in [1.807, 2.05) is 42.5 Å². The quantitative estimate of drug-likeness (QED) is 0.234. The number of pyridine rings is 1. The molecule has 0 bridgehead atoms. The van der Waals surface area contributed by atoms with Crippen LogP contribution < -0.4 is 15.4 Å². The van der Waals surface area contributed by atoms with Gasteiger partial charge in [-0.2, -0.15) is 0 Å². The molecule has 1 aromatic heterocycles. The van der Waals surface area contributed by atoms with E-state index < -0.39 is 0 Å². The minimum absolute atomic E-state index is 0. The summed E-state index contributed by atoms with van der Waals surface area (Å²) in [6.45, 7) is 5.54. The topological polar surface area (TPSA) is 67.8 Å². The third-order valence-electron chi connectivity index (χ3n) is 3.62. The number of methoxy groups -OCH3 is 1. The smallest absolute Gasteiger partial charge is 0.191 e. The van der Waals surface area contributed by atoms with Crippen molar-refractivity contribution in [2.75, 3.05) is 26.8 Å². The van der Waals surface area contributed by atoms with Gasteiger partial charge < -0.3 is 20.1 Å². The minimum Gasteiger partial charge on any atom is -0.487 e. The molecule has 2 aromatic rings. The van der Waals surface area contributed by atoms with Gasteiger partial charge in [-0.15, -0.1) is 24.0 Å². The minimum atomic E-state index is 0. The van der Waals surface area contributed by atoms with Crippen molar-refractivity contribution in [2.45, 2.75) is 26.5 Å². The summed E-state index contributed by atoms with van der Waals surface area (Å²) in [6, 6.07) is 13.8. The fourth-order valence-electron chi connectivity index (χ4n) is 2.27. The number of nitrogens with one attached hydrogen (secondary N) is 2. The third kappa shape index (κ3) is 9.58. The van der Waals surface area contributed by atoms with E-state index in [2.05, 4.69) is 27.5 Å². The highest BCUT2D eigenvalue weighted by molar-refractivity contribution is 14.0. The van der Waals surface area contributed by atoms with Gasteiger partial charge in [0.1, 0.15) is 12.4 Å². The highest BCUT2D eigenvalue weighted by atomic mass is 127. The molecule has 0 unspecified atom stereocenters. The van der Waals surface area contributed by atoms with E-state index in [1.165, 1.54) is 0 Å². The van der Waals surface area contributed by atoms with E-state index in [0.717, 1.165) is 49.1 Å². The summed E-state index contributed by atoms with van der Waals surface area (Å²) in [5, 5.41) is 6.55. The van der Waals surface area contributed by atoms with Crippen molar-refractivity contribution >= 4 is 29.9 Å². The molecule has 1 heterocycles. The molecule has 2 N–H and O–H groups in total. The summed E-state index contributed by atoms with van der Waals surface area (Å²) in [7, 11) is 1.71. The number of halogens is 1. The molecular formula is C20H29IN4O2. The third-order valence-corrected chi connectivity index (χ3v) is 3.62. The fraction of sp³-hybridized carbons (Fsp3) is 0.400. The molecule has 0 radical (unpaired) electrons. The Kier molecular flexibility index (Phi) is 12.2. The van der Waals surface area contributed by atoms with Crippen LogP contribution in [0.25, 0.3) is 0 Å². The van der Waals surface area contributed by atoms with Gasteiger partial charge in [-0.05, 0) is 43.2 Å². The average Bonchev–Trinajstić information content (AvgIpc) is 2.69. The average molecular weight is 484 g/mol. The molecule has 0 fully saturated rings. The van der Waals surface area contributed by atoms with Gasteiger partial charge in [0.05, 0.1) is 12.2 Å². The number of aliphatic imine (C=N–C) groups is 1. The molecule has 0 saturated heterocycles. The number of benzene rings is 1. The predicted octanol–water partition coefficient (Wildman–Crippen LogP) is 3.37. The lowest BCUT2D eigenvalue weighted by Crippen LogP contribution is -2.38. The van der Waals surface area contributed by atoms with Crippen LogP contribution in [0.4, 0.5) is 0 Å². The van der Waals surface area contributed by atoms with Crippen LogP contribution in [0.5, 0.6) is 5.75 Å². The molecule has 0 aliphatic carbocycles. The van der Waals surface area contributed by atoms with Crippen LogP contribution in [0, 0.1) is 0 Å². The first kappa shape index (κ1) is 23.2. The van der Waals surface area contributed by atoms with E-state index in [-0.39, 0.29) is 24.0 Å². The Morgan fingerprint density at radius 1 is 1.11 bits per heavy atom. The summed E-state index contributed by atoms with van der Waals surface area (Å²) in [5.41, 5.74) is 2.04. The Bertz CT molecular complexity index is 651. The molecule has 0 aliphatic rings. The summed E-state index contributed by atoms with van der Waals surface area (Å²) in [6.07, 6.45) is 2.72. The second kappa shape index (κ2) is 14.2. The first-order valence-electron chi connectivity index (χ1n) is 8.94. The number of rotatable bonds is 10. The number of nitrogens with zero attached hydrogens (tertiary/aromatic N) is 2. The van der Waals surface area contributed by atoms with Crippen LogP contribution >= 0.6 is 24.0 Å². The fourth-order valence-corrected chi connectivity index (χ4v) is 2.27. The molecule has 1 aromatic carbocycles. The molecule has 0 aliphatic heterocycles. The molecular weight excluding hydrogens is 455 g/mol. The normalized spacial score (nSPS) is 10.8. The second-order valence-corrected chi connectivity index (χ2v) is 5.72. The zero-order valence-corrected chi connectivity index (χ0v) is 18.3. The largest absolute Gasteiger partial charge is 0.487 e. The first-order chi connectivity index (χ1) is 12.8. The Balaban J connectivity index is 0.00000364. The Morgan fingerprint density at radius 3 is 2.59 bits per heavy atom. The summed E-state index contributed by atoms with van der Waals surface area (Å²) in [4.78, 5) is 8.86. The molecule has 0 saturated carbocycles. The van der Waals surface area contributed by atoms with Crippen LogP contribution in [0.2, 0.25) is 0 Å². The molecule has 6 nitrogen and oxygen atoms in total. The van der Waals surface area contributed by atoms with Crippen LogP contribution in [0.3, 0.4) is 0 Å². The zero-order chi connectivity index (χ0) is 18.5. The Morgan fingerprint density at radius 2 is 1.93 bits per heavy atom. The van der Waals surface area contributed by atoms with Crippen molar-refractivity contribution in [2.24, 2.45) is 4.99 Å². The molecule has 27 heavy (non-hydrogen) atoms. The van der Waals surface area contributed by atoms with Crippen molar-refractivity contribution < 1.29 is 9.47 Å². The molecule has 148 valence electrons. The number of hydrogen-bond donors (Lipinski definition) is 2. The second-order valence-electron chi connectivity index (χ2n) is 5.72. The predicted molar refractivity (Wildman–Crippen MR) is 120 cm³/mol. The zero-order valence-electron chi connectivity index (χ0n) is 16.0. The molecule has 7 heteroatoms. The lowest BCUT2D eigenvalue weighted by Gasteiger charge is -2.11. The van der Waals surface area contributed by atoms with Crippen LogP contribution in [-0.2, 0) is 17.9 Å². The number of hydrogen-bond acceptors (Lipinski definition) is 4. The van der Waals surface area contributed by atoms with E-state index >= 15 is 0 Å². The summed E-state index contributed by atoms with van der Waals surface area (Å²) in [5.74, 6) is 1.65. The van der Waals surface area contributed by atoms with Crippen LogP contribution in [0.15, 0.2) is 53.7 Å². The summed E-state index contributed by atoms with van der Waals surface area (Å²) >= 11 is 0. The maximum atomic E-state index is 5.75. The van der Waals surface area contributed by atoms with Gasteiger partial charge in [0.2, 0.25) is 0 Å². The summed E-state index contributed by atoms with van der Waals surface area (Å²) < 4.78 is 10.8. The lowest BCUT2D eigenvalue weighted by molar-refractivity contribution is 0.195. The van der Waals surface area contributed by atoms with Crippen LogP contribution in [0.1, 0.15) is 24.6 Å². The molecule has 0 atom stereocenters. The van der Waals surface area contributed by atoms with Gasteiger partial charge in [-0.1, -0.05) is 18.2 Å². The van der Waals surface area contributed by atoms with E-state index in [4.69, 9.17) is 9.47 Å². The van der Waals surface area contributed by atoms with Gasteiger partial charge in [0.15, 0.2) is 5.96 Å². The monoisotopic (exact) mass is 484 g/mol. The van der Waals surface area contributed by atoms with Crippen molar-refractivity contribution in [1.82, 2.24) is 15.6 Å². The lowest BCUT2D eigenvalue weighted by atomic mass is 10.2. The highest BCUT2D eigenvalue weighted by Gasteiger charge is 2.00. The maximum absolute atomic E-state index is 5.75. The van der Waals surface area contributed by atoms with Gasteiger partial charge in [0, 0.05) is 33.0 Å². The van der Waals surface area contributed by atoms with Crippen LogP contribution in [-0.4, -0.2) is 37.7 Å². The standard InChI is InChI=1S/C20H28N4O2.HI/c1-3-21-20(23-13-6-14-25-2)24-15-17-8-10-19(11-9-17)26-16-18-7-4-5-12-22-18;/h4-5,7-12H,3,6,13-16H2,1-2H3,(H2,21,23,24);1H. The maximum Gasteiger partial charge on any atom is 0.191 e. The van der Waals surface area contributed by atoms with Gasteiger partial charge >= 0.3 is 0 Å². The number of ether oxygens (including phenoxy) is 2. The van der Waals surface area contributed by atoms with Gasteiger partial charge in [0.25, 0.3) is 0 Å². The number of guanidine groups is 1. The van der Waals surface area contributed by atoms with Crippen molar-refractivity contribution in [1.29, 1.82) is 0 Å². The van der Waals surface area contributed by atoms with E-state index in [1.54, 1.807) is 13.3 Å². The Hall–Kier alpha value is -1.87. The van der Waals surface area contributed by atoms with Gasteiger partial charge in [-0.25, -0.2) is 4.99 Å². The van der Waals surface area contributed by atoms with E-state index in [9.17, 15) is 0 Å². The molecule has 2 rings (SSSR count). The van der Waals surface area contributed by atoms with Crippen molar-refractivity contribution in [3.63, 3.8) is 0 Å². The molecule has 0 spiro atoms. The first-order valence-corrected chi connectivity index (χ1v) is 8.94. The van der Waals surface area contributed by atoms with Gasteiger partial charge in [-0.3, -0.25) is 4.98 Å². The van der Waals surface area contributed by atoms with E-state index in [0.29, 0.717) is 13.2 Å². The SMILES string of the molecule is CCNC(=NCc1ccc(OCc2ccccn2)cc1)NCCCOC.I. The van der Waals surface area contributed by atoms with Crippen molar-refractivity contribution in [3.8, 4) is 5.75 Å². The molecule has 0 amide bonds. The van der Waals surface area contributed by atoms with Crippen molar-refractivity contribution in [3.05, 3.63) is 59.9 Å².